The van der Waals surface area contributed by atoms with E-state index in [0.29, 0.717) is 28.8 Å². The van der Waals surface area contributed by atoms with Gasteiger partial charge in [0.15, 0.2) is 0 Å². The van der Waals surface area contributed by atoms with E-state index in [9.17, 15) is 4.79 Å². The Bertz CT molecular complexity index is 1040. The zero-order chi connectivity index (χ0) is 25.6. The number of thioether (sulfide) groups is 2. The van der Waals surface area contributed by atoms with E-state index in [0.717, 1.165) is 29.1 Å². The van der Waals surface area contributed by atoms with Crippen LogP contribution in [-0.2, 0) is 9.53 Å². The van der Waals surface area contributed by atoms with Crippen molar-refractivity contribution in [3.8, 4) is 5.75 Å². The molecule has 0 aliphatic carbocycles. The van der Waals surface area contributed by atoms with Gasteiger partial charge < -0.3 is 14.4 Å². The number of nitrogens with zero attached hydrogens (tertiary/aromatic N) is 1. The number of hydrogen-bond donors (Lipinski definition) is 0. The molecule has 1 aliphatic heterocycles. The van der Waals surface area contributed by atoms with Crippen molar-refractivity contribution in [2.45, 2.75) is 67.6 Å². The molecule has 0 saturated carbocycles. The van der Waals surface area contributed by atoms with Gasteiger partial charge in [0.05, 0.1) is 28.8 Å². The van der Waals surface area contributed by atoms with Gasteiger partial charge in [-0.05, 0) is 69.5 Å². The van der Waals surface area contributed by atoms with E-state index in [-0.39, 0.29) is 6.54 Å². The predicted molar refractivity (Wildman–Crippen MR) is 141 cm³/mol. The standard InChI is InChI=1S/C27H33F2NO3S2/c1-6-7-11-19-18-30(20-12-9-8-10-13-20)21-16-24(34-5)22(17-23(21)35-27(19,28)29)32-15-14-25(31)33-26(2,3)4/h8-10,12-17,19H,6-7,11,18H2,1-5H3/b15-14+. The number of benzene rings is 2. The van der Waals surface area contributed by atoms with Crippen LogP contribution in [0.15, 0.2) is 64.6 Å². The Labute approximate surface area is 215 Å². The Morgan fingerprint density at radius 1 is 1.26 bits per heavy atom. The normalized spacial score (nSPS) is 17.7. The Balaban J connectivity index is 1.99. The molecule has 190 valence electrons. The van der Waals surface area contributed by atoms with E-state index in [1.807, 2.05) is 54.5 Å². The highest BCUT2D eigenvalue weighted by molar-refractivity contribution is 8.00. The van der Waals surface area contributed by atoms with Crippen molar-refractivity contribution in [1.29, 1.82) is 0 Å². The molecule has 0 N–H and O–H groups in total. The topological polar surface area (TPSA) is 38.8 Å². The zero-order valence-electron chi connectivity index (χ0n) is 20.8. The van der Waals surface area contributed by atoms with Crippen LogP contribution in [0.5, 0.6) is 5.75 Å². The third kappa shape index (κ3) is 7.40. The van der Waals surface area contributed by atoms with Crippen LogP contribution in [-0.4, -0.2) is 29.6 Å². The maximum absolute atomic E-state index is 15.5. The molecule has 1 atom stereocenters. The number of fused-ring (bicyclic) bond motifs is 1. The molecule has 1 unspecified atom stereocenters. The van der Waals surface area contributed by atoms with Crippen molar-refractivity contribution >= 4 is 40.9 Å². The maximum Gasteiger partial charge on any atom is 0.334 e. The van der Waals surface area contributed by atoms with Crippen LogP contribution in [0.1, 0.15) is 47.0 Å². The largest absolute Gasteiger partial charge is 0.464 e. The van der Waals surface area contributed by atoms with Gasteiger partial charge in [0.2, 0.25) is 0 Å². The summed E-state index contributed by atoms with van der Waals surface area (Å²) in [6.45, 7) is 7.58. The van der Waals surface area contributed by atoms with Gasteiger partial charge in [-0.1, -0.05) is 38.0 Å². The molecule has 4 nitrogen and oxygen atoms in total. The van der Waals surface area contributed by atoms with Crippen LogP contribution in [0.3, 0.4) is 0 Å². The summed E-state index contributed by atoms with van der Waals surface area (Å²) < 4.78 is 41.9. The number of carbonyl (C=O) groups is 1. The molecule has 35 heavy (non-hydrogen) atoms. The first-order valence-corrected chi connectivity index (χ1v) is 13.8. The molecular weight excluding hydrogens is 488 g/mol. The first-order chi connectivity index (χ1) is 16.5. The highest BCUT2D eigenvalue weighted by atomic mass is 32.2. The Morgan fingerprint density at radius 3 is 2.60 bits per heavy atom. The van der Waals surface area contributed by atoms with Crippen molar-refractivity contribution in [2.75, 3.05) is 17.7 Å². The van der Waals surface area contributed by atoms with Gasteiger partial charge in [0, 0.05) is 17.1 Å². The molecule has 0 amide bonds. The lowest BCUT2D eigenvalue weighted by molar-refractivity contribution is -0.148. The van der Waals surface area contributed by atoms with E-state index in [1.54, 1.807) is 26.8 Å². The lowest BCUT2D eigenvalue weighted by Gasteiger charge is -2.29. The summed E-state index contributed by atoms with van der Waals surface area (Å²) in [5.74, 6) is -0.915. The van der Waals surface area contributed by atoms with Crippen LogP contribution in [0, 0.1) is 5.92 Å². The number of unbranched alkanes of at least 4 members (excludes halogenated alkanes) is 1. The summed E-state index contributed by atoms with van der Waals surface area (Å²) in [5, 5.41) is -2.93. The molecule has 0 aromatic heterocycles. The number of anilines is 2. The van der Waals surface area contributed by atoms with Gasteiger partial charge in [0.25, 0.3) is 0 Å². The second-order valence-corrected chi connectivity index (χ2v) is 11.4. The average molecular weight is 522 g/mol. The Kier molecular flexibility index (Phi) is 9.16. The monoisotopic (exact) mass is 521 g/mol. The molecule has 8 heteroatoms. The van der Waals surface area contributed by atoms with E-state index >= 15 is 8.78 Å². The first kappa shape index (κ1) is 27.4. The third-order valence-electron chi connectivity index (χ3n) is 5.44. The number of alkyl halides is 2. The van der Waals surface area contributed by atoms with Crippen molar-refractivity contribution in [3.63, 3.8) is 0 Å². The van der Waals surface area contributed by atoms with Crippen molar-refractivity contribution in [1.82, 2.24) is 0 Å². The molecule has 0 saturated heterocycles. The van der Waals surface area contributed by atoms with E-state index < -0.39 is 22.7 Å². The summed E-state index contributed by atoms with van der Waals surface area (Å²) >= 11 is 2.05. The Hall–Kier alpha value is -2.19. The molecule has 3 rings (SSSR count). The zero-order valence-corrected chi connectivity index (χ0v) is 22.5. The second-order valence-electron chi connectivity index (χ2n) is 9.37. The van der Waals surface area contributed by atoms with Crippen LogP contribution in [0.2, 0.25) is 0 Å². The van der Waals surface area contributed by atoms with Gasteiger partial charge in [-0.3, -0.25) is 0 Å². The van der Waals surface area contributed by atoms with Crippen molar-refractivity contribution in [2.24, 2.45) is 5.92 Å². The van der Waals surface area contributed by atoms with E-state index in [1.165, 1.54) is 24.1 Å². The minimum Gasteiger partial charge on any atom is -0.464 e. The molecule has 0 fully saturated rings. The minimum absolute atomic E-state index is 0.226. The fraction of sp³-hybridized carbons (Fsp3) is 0.444. The van der Waals surface area contributed by atoms with Gasteiger partial charge >= 0.3 is 11.2 Å². The fourth-order valence-electron chi connectivity index (χ4n) is 3.79. The average Bonchev–Trinajstić information content (AvgIpc) is 2.89. The van der Waals surface area contributed by atoms with Crippen LogP contribution >= 0.6 is 23.5 Å². The number of hydrogen-bond acceptors (Lipinski definition) is 6. The van der Waals surface area contributed by atoms with E-state index in [4.69, 9.17) is 9.47 Å². The molecule has 0 radical (unpaired) electrons. The van der Waals surface area contributed by atoms with Crippen LogP contribution in [0.25, 0.3) is 0 Å². The highest BCUT2D eigenvalue weighted by Gasteiger charge is 2.45. The molecule has 2 aromatic carbocycles. The van der Waals surface area contributed by atoms with Gasteiger partial charge in [-0.25, -0.2) is 4.79 Å². The number of esters is 1. The van der Waals surface area contributed by atoms with E-state index in [2.05, 4.69) is 0 Å². The lowest BCUT2D eigenvalue weighted by Crippen LogP contribution is -2.33. The second kappa shape index (κ2) is 11.7. The molecule has 1 aliphatic rings. The molecular formula is C27H33F2NO3S2. The maximum atomic E-state index is 15.5. The molecule has 0 spiro atoms. The number of ether oxygens (including phenoxy) is 2. The van der Waals surface area contributed by atoms with Gasteiger partial charge in [-0.2, -0.15) is 8.78 Å². The van der Waals surface area contributed by atoms with Crippen LogP contribution in [0.4, 0.5) is 20.2 Å². The summed E-state index contributed by atoms with van der Waals surface area (Å²) in [5.41, 5.74) is 0.986. The van der Waals surface area contributed by atoms with Gasteiger partial charge in [-0.15, -0.1) is 11.8 Å². The third-order valence-corrected chi connectivity index (χ3v) is 7.35. The molecule has 0 bridgehead atoms. The lowest BCUT2D eigenvalue weighted by atomic mass is 10.0. The van der Waals surface area contributed by atoms with Gasteiger partial charge in [0.1, 0.15) is 11.4 Å². The van der Waals surface area contributed by atoms with Crippen molar-refractivity contribution < 1.29 is 23.0 Å². The molecule has 1 heterocycles. The SMILES string of the molecule is CCCCC1CN(c2ccccc2)c2cc(SC)c(O/C=C/C(=O)OC(C)(C)C)cc2SC1(F)F. The number of halogens is 2. The van der Waals surface area contributed by atoms with Crippen molar-refractivity contribution in [3.05, 3.63) is 54.8 Å². The predicted octanol–water partition coefficient (Wildman–Crippen LogP) is 8.29. The highest BCUT2D eigenvalue weighted by Crippen LogP contribution is 2.53. The smallest absolute Gasteiger partial charge is 0.334 e. The fourth-order valence-corrected chi connectivity index (χ4v) is 5.42. The minimum atomic E-state index is -2.93. The number of carbonyl (C=O) groups excluding carboxylic acids is 1. The number of rotatable bonds is 8. The van der Waals surface area contributed by atoms with Crippen LogP contribution < -0.4 is 9.64 Å². The summed E-state index contributed by atoms with van der Waals surface area (Å²) in [6.07, 6.45) is 6.41. The quantitative estimate of drug-likeness (QED) is 0.151. The Morgan fingerprint density at radius 2 is 1.97 bits per heavy atom. The summed E-state index contributed by atoms with van der Waals surface area (Å²) in [7, 11) is 0. The number of para-hydroxylation sites is 1. The molecule has 2 aromatic rings. The summed E-state index contributed by atoms with van der Waals surface area (Å²) in [6, 6.07) is 13.2. The first-order valence-electron chi connectivity index (χ1n) is 11.7. The summed E-state index contributed by atoms with van der Waals surface area (Å²) in [4.78, 5) is 15.2.